The van der Waals surface area contributed by atoms with Gasteiger partial charge in [0, 0.05) is 32.6 Å². The van der Waals surface area contributed by atoms with Crippen molar-refractivity contribution in [2.24, 2.45) is 0 Å². The first kappa shape index (κ1) is 14.1. The predicted molar refractivity (Wildman–Crippen MR) is 86.1 cm³/mol. The highest BCUT2D eigenvalue weighted by Crippen LogP contribution is 2.15. The van der Waals surface area contributed by atoms with E-state index in [4.69, 9.17) is 0 Å². The van der Waals surface area contributed by atoms with E-state index in [2.05, 4.69) is 47.8 Å². The maximum Gasteiger partial charge on any atom is 0.223 e. The molecule has 0 bridgehead atoms. The Morgan fingerprint density at radius 2 is 1.81 bits per heavy atom. The third kappa shape index (κ3) is 3.61. The van der Waals surface area contributed by atoms with E-state index in [0.717, 1.165) is 39.0 Å². The number of hydrogen-bond donors (Lipinski definition) is 1. The van der Waals surface area contributed by atoms with Gasteiger partial charge in [-0.2, -0.15) is 0 Å². The smallest absolute Gasteiger partial charge is 0.223 e. The van der Waals surface area contributed by atoms with Crippen molar-refractivity contribution in [3.8, 4) is 0 Å². The summed E-state index contributed by atoms with van der Waals surface area (Å²) in [7, 11) is 0. The first-order valence-electron chi connectivity index (χ1n) is 7.79. The van der Waals surface area contributed by atoms with E-state index < -0.39 is 0 Å². The highest BCUT2D eigenvalue weighted by atomic mass is 16.2. The van der Waals surface area contributed by atoms with Crippen LogP contribution in [0.25, 0.3) is 10.8 Å². The number of likely N-dealkylation sites (tertiary alicyclic amines) is 1. The molecule has 0 spiro atoms. The Bertz CT molecular complexity index is 617. The van der Waals surface area contributed by atoms with Crippen molar-refractivity contribution in [2.45, 2.75) is 25.8 Å². The molecule has 3 heteroatoms. The first-order chi connectivity index (χ1) is 10.3. The average Bonchev–Trinajstić information content (AvgIpc) is 3.06. The summed E-state index contributed by atoms with van der Waals surface area (Å²) in [5, 5.41) is 5.91. The molecule has 3 rings (SSSR count). The van der Waals surface area contributed by atoms with Crippen molar-refractivity contribution in [3.63, 3.8) is 0 Å². The number of nitrogens with one attached hydrogen (secondary N) is 1. The lowest BCUT2D eigenvalue weighted by atomic mass is 10.1. The Balaban J connectivity index is 1.46. The van der Waals surface area contributed by atoms with E-state index in [1.807, 2.05) is 4.90 Å². The highest BCUT2D eigenvalue weighted by molar-refractivity contribution is 5.83. The molecule has 1 aliphatic heterocycles. The number of carbonyl (C=O) groups is 1. The molecule has 21 heavy (non-hydrogen) atoms. The van der Waals surface area contributed by atoms with Crippen molar-refractivity contribution in [2.75, 3.05) is 19.6 Å². The van der Waals surface area contributed by atoms with E-state index in [9.17, 15) is 4.79 Å². The molecule has 0 aromatic heterocycles. The summed E-state index contributed by atoms with van der Waals surface area (Å²) >= 11 is 0. The van der Waals surface area contributed by atoms with Crippen molar-refractivity contribution in [3.05, 3.63) is 48.0 Å². The van der Waals surface area contributed by atoms with Gasteiger partial charge >= 0.3 is 0 Å². The van der Waals surface area contributed by atoms with Gasteiger partial charge in [-0.05, 0) is 35.2 Å². The Morgan fingerprint density at radius 1 is 1.05 bits per heavy atom. The van der Waals surface area contributed by atoms with Crippen molar-refractivity contribution < 1.29 is 4.79 Å². The molecular formula is C18H22N2O. The van der Waals surface area contributed by atoms with Gasteiger partial charge in [0.15, 0.2) is 0 Å². The number of benzene rings is 2. The van der Waals surface area contributed by atoms with Gasteiger partial charge in [0.05, 0.1) is 0 Å². The molecule has 0 saturated carbocycles. The zero-order valence-corrected chi connectivity index (χ0v) is 12.3. The predicted octanol–water partition coefficient (Wildman–Crippen LogP) is 2.94. The number of carbonyl (C=O) groups excluding carboxylic acids is 1. The van der Waals surface area contributed by atoms with E-state index in [0.29, 0.717) is 12.3 Å². The molecular weight excluding hydrogens is 260 g/mol. The van der Waals surface area contributed by atoms with Crippen LogP contribution in [0, 0.1) is 0 Å². The minimum Gasteiger partial charge on any atom is -0.343 e. The van der Waals surface area contributed by atoms with Crippen molar-refractivity contribution in [1.29, 1.82) is 0 Å². The fourth-order valence-corrected chi connectivity index (χ4v) is 2.90. The van der Waals surface area contributed by atoms with Crippen LogP contribution in [0.3, 0.4) is 0 Å². The molecule has 0 atom stereocenters. The van der Waals surface area contributed by atoms with Crippen LogP contribution in [0.4, 0.5) is 0 Å². The number of fused-ring (bicyclic) bond motifs is 1. The lowest BCUT2D eigenvalue weighted by Gasteiger charge is -2.15. The molecule has 1 heterocycles. The van der Waals surface area contributed by atoms with Crippen LogP contribution in [-0.2, 0) is 11.3 Å². The van der Waals surface area contributed by atoms with E-state index in [1.165, 1.54) is 16.3 Å². The number of hydrogen-bond acceptors (Lipinski definition) is 2. The summed E-state index contributed by atoms with van der Waals surface area (Å²) in [6.45, 7) is 3.47. The third-order valence-corrected chi connectivity index (χ3v) is 4.12. The largest absolute Gasteiger partial charge is 0.343 e. The second kappa shape index (κ2) is 6.72. The molecule has 0 aliphatic carbocycles. The molecule has 110 valence electrons. The zero-order valence-electron chi connectivity index (χ0n) is 12.3. The van der Waals surface area contributed by atoms with Crippen molar-refractivity contribution >= 4 is 16.7 Å². The fourth-order valence-electron chi connectivity index (χ4n) is 2.90. The van der Waals surface area contributed by atoms with E-state index >= 15 is 0 Å². The van der Waals surface area contributed by atoms with Gasteiger partial charge in [-0.15, -0.1) is 0 Å². The SMILES string of the molecule is O=C(CCNCc1ccc2ccccc2c1)N1CCCC1. The van der Waals surface area contributed by atoms with Gasteiger partial charge in [0.2, 0.25) is 5.91 Å². The standard InChI is InChI=1S/C18H22N2O/c21-18(20-11-3-4-12-20)9-10-19-14-15-7-8-16-5-1-2-6-17(16)13-15/h1-2,5-8,13,19H,3-4,9-12,14H2. The van der Waals surface area contributed by atoms with E-state index in [-0.39, 0.29) is 0 Å². The van der Waals surface area contributed by atoms with E-state index in [1.54, 1.807) is 0 Å². The normalized spacial score (nSPS) is 14.8. The molecule has 1 amide bonds. The zero-order chi connectivity index (χ0) is 14.5. The Labute approximate surface area is 125 Å². The summed E-state index contributed by atoms with van der Waals surface area (Å²) in [6, 6.07) is 14.9. The molecule has 0 unspecified atom stereocenters. The number of nitrogens with zero attached hydrogens (tertiary/aromatic N) is 1. The topological polar surface area (TPSA) is 32.3 Å². The third-order valence-electron chi connectivity index (χ3n) is 4.12. The van der Waals surface area contributed by atoms with Crippen molar-refractivity contribution in [1.82, 2.24) is 10.2 Å². The van der Waals surface area contributed by atoms with Gasteiger partial charge in [0.1, 0.15) is 0 Å². The molecule has 0 radical (unpaired) electrons. The molecule has 1 fully saturated rings. The van der Waals surface area contributed by atoms with Gasteiger partial charge in [-0.25, -0.2) is 0 Å². The van der Waals surface area contributed by atoms with Crippen LogP contribution in [0.5, 0.6) is 0 Å². The highest BCUT2D eigenvalue weighted by Gasteiger charge is 2.16. The molecule has 1 aliphatic rings. The molecule has 2 aromatic carbocycles. The number of rotatable bonds is 5. The van der Waals surface area contributed by atoms with Crippen LogP contribution in [-0.4, -0.2) is 30.4 Å². The summed E-state index contributed by atoms with van der Waals surface area (Å²) in [5.41, 5.74) is 1.27. The minimum atomic E-state index is 0.290. The molecule has 3 nitrogen and oxygen atoms in total. The summed E-state index contributed by atoms with van der Waals surface area (Å²) in [5.74, 6) is 0.290. The lowest BCUT2D eigenvalue weighted by molar-refractivity contribution is -0.130. The average molecular weight is 282 g/mol. The van der Waals surface area contributed by atoms with Crippen LogP contribution < -0.4 is 5.32 Å². The van der Waals surface area contributed by atoms with Crippen LogP contribution in [0.15, 0.2) is 42.5 Å². The summed E-state index contributed by atoms with van der Waals surface area (Å²) < 4.78 is 0. The second-order valence-corrected chi connectivity index (χ2v) is 5.70. The van der Waals surface area contributed by atoms with Crippen LogP contribution in [0.2, 0.25) is 0 Å². The number of amides is 1. The Hall–Kier alpha value is -1.87. The molecule has 1 N–H and O–H groups in total. The van der Waals surface area contributed by atoms with Crippen LogP contribution >= 0.6 is 0 Å². The Morgan fingerprint density at radius 3 is 2.62 bits per heavy atom. The second-order valence-electron chi connectivity index (χ2n) is 5.70. The summed E-state index contributed by atoms with van der Waals surface area (Å²) in [4.78, 5) is 13.9. The quantitative estimate of drug-likeness (QED) is 0.855. The van der Waals surface area contributed by atoms with Gasteiger partial charge in [-0.3, -0.25) is 4.79 Å². The monoisotopic (exact) mass is 282 g/mol. The van der Waals surface area contributed by atoms with Gasteiger partial charge in [-0.1, -0.05) is 36.4 Å². The van der Waals surface area contributed by atoms with Gasteiger partial charge < -0.3 is 10.2 Å². The maximum atomic E-state index is 11.9. The van der Waals surface area contributed by atoms with Gasteiger partial charge in [0.25, 0.3) is 0 Å². The molecule has 2 aromatic rings. The summed E-state index contributed by atoms with van der Waals surface area (Å²) in [6.07, 6.45) is 2.93. The minimum absolute atomic E-state index is 0.290. The molecule has 1 saturated heterocycles. The van der Waals surface area contributed by atoms with Crippen LogP contribution in [0.1, 0.15) is 24.8 Å². The fraction of sp³-hybridized carbons (Fsp3) is 0.389. The first-order valence-corrected chi connectivity index (χ1v) is 7.79. The lowest BCUT2D eigenvalue weighted by Crippen LogP contribution is -2.30. The maximum absolute atomic E-state index is 11.9. The Kier molecular flexibility index (Phi) is 4.51.